The Morgan fingerprint density at radius 1 is 1.25 bits per heavy atom. The first-order valence-electron chi connectivity index (χ1n) is 7.58. The van der Waals surface area contributed by atoms with Gasteiger partial charge in [0, 0.05) is 32.6 Å². The van der Waals surface area contributed by atoms with Crippen LogP contribution in [0.15, 0.2) is 39.8 Å². The van der Waals surface area contributed by atoms with Gasteiger partial charge < -0.3 is 9.73 Å². The lowest BCUT2D eigenvalue weighted by molar-refractivity contribution is -0.116. The first-order valence-corrected chi connectivity index (χ1v) is 9.02. The summed E-state index contributed by atoms with van der Waals surface area (Å²) in [6.07, 6.45) is 2.32. The van der Waals surface area contributed by atoms with Crippen molar-refractivity contribution >= 4 is 21.6 Å². The van der Waals surface area contributed by atoms with Gasteiger partial charge in [0.05, 0.1) is 11.2 Å². The summed E-state index contributed by atoms with van der Waals surface area (Å²) in [5.74, 6) is 0.551. The Labute approximate surface area is 142 Å². The molecule has 0 aliphatic rings. The SMILES string of the molecule is Cc1cc(S(=O)(=O)N(C)C)cc(NC(=O)CCc2ccco2)c1C. The molecule has 1 aromatic carbocycles. The van der Waals surface area contributed by atoms with Crippen LogP contribution in [0.4, 0.5) is 5.69 Å². The van der Waals surface area contributed by atoms with Crippen LogP contribution in [0.5, 0.6) is 0 Å². The first-order chi connectivity index (χ1) is 11.2. The second-order valence-corrected chi connectivity index (χ2v) is 7.98. The minimum absolute atomic E-state index is 0.164. The molecule has 0 fully saturated rings. The summed E-state index contributed by atoms with van der Waals surface area (Å²) < 4.78 is 31.0. The van der Waals surface area contributed by atoms with E-state index < -0.39 is 10.0 Å². The lowest BCUT2D eigenvalue weighted by atomic mass is 10.1. The summed E-state index contributed by atoms with van der Waals surface area (Å²) in [6, 6.07) is 6.70. The van der Waals surface area contributed by atoms with Crippen LogP contribution >= 0.6 is 0 Å². The van der Waals surface area contributed by atoms with Crippen LogP contribution in [0.3, 0.4) is 0 Å². The summed E-state index contributed by atoms with van der Waals surface area (Å²) >= 11 is 0. The number of nitrogens with zero attached hydrogens (tertiary/aromatic N) is 1. The highest BCUT2D eigenvalue weighted by molar-refractivity contribution is 7.89. The zero-order chi connectivity index (χ0) is 17.9. The van der Waals surface area contributed by atoms with Crippen LogP contribution in [-0.2, 0) is 21.2 Å². The maximum absolute atomic E-state index is 12.3. The van der Waals surface area contributed by atoms with Gasteiger partial charge in [-0.3, -0.25) is 4.79 Å². The van der Waals surface area contributed by atoms with Crippen LogP contribution in [0.2, 0.25) is 0 Å². The number of sulfonamides is 1. The molecule has 2 rings (SSSR count). The van der Waals surface area contributed by atoms with Crippen molar-refractivity contribution in [1.29, 1.82) is 0 Å². The van der Waals surface area contributed by atoms with Crippen molar-refractivity contribution in [3.05, 3.63) is 47.4 Å². The molecule has 0 saturated carbocycles. The molecule has 130 valence electrons. The molecule has 0 spiro atoms. The van der Waals surface area contributed by atoms with Gasteiger partial charge in [-0.25, -0.2) is 12.7 Å². The highest BCUT2D eigenvalue weighted by atomic mass is 32.2. The predicted octanol–water partition coefficient (Wildman–Crippen LogP) is 2.72. The molecule has 1 aromatic heterocycles. The molecule has 0 aliphatic carbocycles. The quantitative estimate of drug-likeness (QED) is 0.869. The monoisotopic (exact) mass is 350 g/mol. The van der Waals surface area contributed by atoms with Gasteiger partial charge in [0.2, 0.25) is 15.9 Å². The summed E-state index contributed by atoms with van der Waals surface area (Å²) in [6.45, 7) is 3.67. The Kier molecular flexibility index (Phi) is 5.46. The van der Waals surface area contributed by atoms with Crippen molar-refractivity contribution in [2.75, 3.05) is 19.4 Å². The summed E-state index contributed by atoms with van der Waals surface area (Å²) in [4.78, 5) is 12.3. The zero-order valence-corrected chi connectivity index (χ0v) is 15.1. The third-order valence-corrected chi connectivity index (χ3v) is 5.66. The molecule has 0 unspecified atom stereocenters. The topological polar surface area (TPSA) is 79.6 Å². The molecule has 1 heterocycles. The lowest BCUT2D eigenvalue weighted by Crippen LogP contribution is -2.23. The Balaban J connectivity index is 2.20. The number of rotatable bonds is 6. The smallest absolute Gasteiger partial charge is 0.242 e. The van der Waals surface area contributed by atoms with Gasteiger partial charge in [0.1, 0.15) is 5.76 Å². The van der Waals surface area contributed by atoms with E-state index in [1.165, 1.54) is 20.2 Å². The molecule has 7 heteroatoms. The largest absolute Gasteiger partial charge is 0.469 e. The molecular formula is C17H22N2O4S. The molecule has 0 bridgehead atoms. The van der Waals surface area contributed by atoms with Crippen molar-refractivity contribution in [2.24, 2.45) is 0 Å². The molecule has 0 atom stereocenters. The number of benzene rings is 1. The number of amides is 1. The van der Waals surface area contributed by atoms with E-state index in [1.807, 2.05) is 19.9 Å². The number of hydrogen-bond donors (Lipinski definition) is 1. The van der Waals surface area contributed by atoms with E-state index in [-0.39, 0.29) is 17.2 Å². The fraction of sp³-hybridized carbons (Fsp3) is 0.353. The number of nitrogens with one attached hydrogen (secondary N) is 1. The van der Waals surface area contributed by atoms with Gasteiger partial charge >= 0.3 is 0 Å². The van der Waals surface area contributed by atoms with E-state index in [2.05, 4.69) is 5.32 Å². The Bertz CT molecular complexity index is 825. The van der Waals surface area contributed by atoms with Crippen molar-refractivity contribution in [2.45, 2.75) is 31.6 Å². The molecule has 1 amide bonds. The van der Waals surface area contributed by atoms with Gasteiger partial charge in [-0.1, -0.05) is 0 Å². The fourth-order valence-corrected chi connectivity index (χ4v) is 3.23. The van der Waals surface area contributed by atoms with Gasteiger partial charge in [-0.15, -0.1) is 0 Å². The van der Waals surface area contributed by atoms with E-state index in [0.717, 1.165) is 21.2 Å². The molecule has 2 aromatic rings. The molecule has 0 saturated heterocycles. The van der Waals surface area contributed by atoms with Crippen LogP contribution in [0.1, 0.15) is 23.3 Å². The average Bonchev–Trinajstić information content (AvgIpc) is 3.02. The molecule has 0 radical (unpaired) electrons. The standard InChI is InChI=1S/C17H22N2O4S/c1-12-10-15(24(21,22)19(3)4)11-16(13(12)2)18-17(20)8-7-14-6-5-9-23-14/h5-6,9-11H,7-8H2,1-4H3,(H,18,20). The van der Waals surface area contributed by atoms with Crippen molar-refractivity contribution in [1.82, 2.24) is 4.31 Å². The maximum atomic E-state index is 12.3. The third kappa shape index (κ3) is 4.04. The summed E-state index contributed by atoms with van der Waals surface area (Å²) in [5.41, 5.74) is 2.16. The Morgan fingerprint density at radius 3 is 2.54 bits per heavy atom. The van der Waals surface area contributed by atoms with Gasteiger partial charge in [-0.05, 0) is 49.2 Å². The second kappa shape index (κ2) is 7.19. The average molecular weight is 350 g/mol. The maximum Gasteiger partial charge on any atom is 0.242 e. The van der Waals surface area contributed by atoms with E-state index >= 15 is 0 Å². The fourth-order valence-electron chi connectivity index (χ4n) is 2.22. The minimum Gasteiger partial charge on any atom is -0.469 e. The first kappa shape index (κ1) is 18.2. The number of carbonyl (C=O) groups is 1. The third-order valence-electron chi connectivity index (χ3n) is 3.87. The molecule has 1 N–H and O–H groups in total. The molecular weight excluding hydrogens is 328 g/mol. The molecule has 0 aliphatic heterocycles. The van der Waals surface area contributed by atoms with Crippen LogP contribution in [-0.4, -0.2) is 32.7 Å². The molecule has 24 heavy (non-hydrogen) atoms. The van der Waals surface area contributed by atoms with Crippen LogP contribution in [0, 0.1) is 13.8 Å². The van der Waals surface area contributed by atoms with Gasteiger partial charge in [-0.2, -0.15) is 0 Å². The number of carbonyl (C=O) groups excluding carboxylic acids is 1. The number of aryl methyl sites for hydroxylation is 2. The summed E-state index contributed by atoms with van der Waals surface area (Å²) in [7, 11) is -0.599. The number of hydrogen-bond acceptors (Lipinski definition) is 4. The van der Waals surface area contributed by atoms with E-state index in [1.54, 1.807) is 18.4 Å². The van der Waals surface area contributed by atoms with Crippen LogP contribution in [0.25, 0.3) is 0 Å². The van der Waals surface area contributed by atoms with E-state index in [4.69, 9.17) is 4.42 Å². The van der Waals surface area contributed by atoms with E-state index in [0.29, 0.717) is 12.1 Å². The van der Waals surface area contributed by atoms with E-state index in [9.17, 15) is 13.2 Å². The number of furan rings is 1. The number of anilines is 1. The van der Waals surface area contributed by atoms with Gasteiger partial charge in [0.15, 0.2) is 0 Å². The Hall–Kier alpha value is -2.12. The predicted molar refractivity (Wildman–Crippen MR) is 92.4 cm³/mol. The highest BCUT2D eigenvalue weighted by Crippen LogP contribution is 2.25. The zero-order valence-electron chi connectivity index (χ0n) is 14.3. The Morgan fingerprint density at radius 2 is 1.96 bits per heavy atom. The van der Waals surface area contributed by atoms with Gasteiger partial charge in [0.25, 0.3) is 0 Å². The molecule has 6 nitrogen and oxygen atoms in total. The highest BCUT2D eigenvalue weighted by Gasteiger charge is 2.20. The van der Waals surface area contributed by atoms with Crippen molar-refractivity contribution < 1.29 is 17.6 Å². The normalized spacial score (nSPS) is 11.7. The minimum atomic E-state index is -3.56. The second-order valence-electron chi connectivity index (χ2n) is 5.83. The summed E-state index contributed by atoms with van der Waals surface area (Å²) in [5, 5.41) is 2.80. The van der Waals surface area contributed by atoms with Crippen molar-refractivity contribution in [3.8, 4) is 0 Å². The lowest BCUT2D eigenvalue weighted by Gasteiger charge is -2.16. The van der Waals surface area contributed by atoms with Crippen LogP contribution < -0.4 is 5.32 Å². The van der Waals surface area contributed by atoms with Crippen molar-refractivity contribution in [3.63, 3.8) is 0 Å².